The van der Waals surface area contributed by atoms with E-state index in [0.29, 0.717) is 46.4 Å². The third kappa shape index (κ3) is 5.71. The number of carbonyl (C=O) groups excluding carboxylic acids is 3. The second-order valence-electron chi connectivity index (χ2n) is 8.02. The summed E-state index contributed by atoms with van der Waals surface area (Å²) in [5.74, 6) is -0.332. The SMILES string of the molecule is COc1ccc(CCNC(=O)c2cccc(NC3=C(Cl)C(=O)N(c4cccc(Cl)c4)C3=O)c2)cc1OC. The molecule has 3 aromatic rings. The van der Waals surface area contributed by atoms with Crippen molar-refractivity contribution in [2.75, 3.05) is 31.0 Å². The number of hydrogen-bond acceptors (Lipinski definition) is 6. The number of imide groups is 1. The van der Waals surface area contributed by atoms with E-state index in [2.05, 4.69) is 10.6 Å². The molecule has 0 radical (unpaired) electrons. The molecule has 10 heteroatoms. The molecule has 1 aliphatic rings. The lowest BCUT2D eigenvalue weighted by Gasteiger charge is -2.15. The molecule has 37 heavy (non-hydrogen) atoms. The number of benzene rings is 3. The van der Waals surface area contributed by atoms with Gasteiger partial charge in [-0.3, -0.25) is 14.4 Å². The molecule has 1 heterocycles. The van der Waals surface area contributed by atoms with E-state index in [0.717, 1.165) is 10.5 Å². The minimum absolute atomic E-state index is 0.0855. The lowest BCUT2D eigenvalue weighted by atomic mass is 10.1. The van der Waals surface area contributed by atoms with Crippen LogP contribution in [0, 0.1) is 0 Å². The van der Waals surface area contributed by atoms with Crippen molar-refractivity contribution in [3.8, 4) is 11.5 Å². The molecule has 2 N–H and O–H groups in total. The van der Waals surface area contributed by atoms with Gasteiger partial charge in [-0.2, -0.15) is 0 Å². The van der Waals surface area contributed by atoms with Crippen molar-refractivity contribution >= 4 is 52.3 Å². The molecular weight excluding hydrogens is 517 g/mol. The van der Waals surface area contributed by atoms with Gasteiger partial charge >= 0.3 is 0 Å². The Labute approximate surface area is 223 Å². The maximum Gasteiger partial charge on any atom is 0.283 e. The Morgan fingerprint density at radius 2 is 1.65 bits per heavy atom. The predicted molar refractivity (Wildman–Crippen MR) is 142 cm³/mol. The number of nitrogens with zero attached hydrogens (tertiary/aromatic N) is 1. The fraction of sp³-hybridized carbons (Fsp3) is 0.148. The molecule has 3 aromatic carbocycles. The van der Waals surface area contributed by atoms with Crippen molar-refractivity contribution in [2.24, 2.45) is 0 Å². The molecule has 0 bridgehead atoms. The molecule has 0 aromatic heterocycles. The number of carbonyl (C=O) groups is 3. The number of methoxy groups -OCH3 is 2. The van der Waals surface area contributed by atoms with Gasteiger partial charge in [-0.25, -0.2) is 4.90 Å². The first kappa shape index (κ1) is 26.1. The lowest BCUT2D eigenvalue weighted by Crippen LogP contribution is -2.32. The third-order valence-corrected chi connectivity index (χ3v) is 6.22. The first-order chi connectivity index (χ1) is 17.8. The molecule has 0 fully saturated rings. The van der Waals surface area contributed by atoms with Gasteiger partial charge in [-0.15, -0.1) is 0 Å². The predicted octanol–water partition coefficient (Wildman–Crippen LogP) is 4.77. The molecule has 4 rings (SSSR count). The maximum atomic E-state index is 13.0. The van der Waals surface area contributed by atoms with Crippen LogP contribution in [0.25, 0.3) is 0 Å². The summed E-state index contributed by atoms with van der Waals surface area (Å²) >= 11 is 12.2. The van der Waals surface area contributed by atoms with Crippen LogP contribution in [0.2, 0.25) is 5.02 Å². The van der Waals surface area contributed by atoms with Crippen LogP contribution < -0.4 is 25.0 Å². The van der Waals surface area contributed by atoms with Gasteiger partial charge in [0.2, 0.25) is 0 Å². The van der Waals surface area contributed by atoms with Crippen molar-refractivity contribution in [1.82, 2.24) is 5.32 Å². The molecule has 0 atom stereocenters. The van der Waals surface area contributed by atoms with Crippen LogP contribution in [0.3, 0.4) is 0 Å². The lowest BCUT2D eigenvalue weighted by molar-refractivity contribution is -0.120. The largest absolute Gasteiger partial charge is 0.493 e. The summed E-state index contributed by atoms with van der Waals surface area (Å²) in [7, 11) is 3.14. The molecule has 0 saturated carbocycles. The quantitative estimate of drug-likeness (QED) is 0.380. The fourth-order valence-electron chi connectivity index (χ4n) is 3.80. The van der Waals surface area contributed by atoms with Gasteiger partial charge in [0.05, 0.1) is 19.9 Å². The molecule has 0 aliphatic carbocycles. The van der Waals surface area contributed by atoms with E-state index in [-0.39, 0.29) is 16.6 Å². The molecule has 0 unspecified atom stereocenters. The van der Waals surface area contributed by atoms with Gasteiger partial charge < -0.3 is 20.1 Å². The maximum absolute atomic E-state index is 13.0. The zero-order chi connectivity index (χ0) is 26.5. The number of anilines is 2. The number of nitrogens with one attached hydrogen (secondary N) is 2. The van der Waals surface area contributed by atoms with Crippen molar-refractivity contribution in [2.45, 2.75) is 6.42 Å². The topological polar surface area (TPSA) is 97.0 Å². The second-order valence-corrected chi connectivity index (χ2v) is 8.83. The van der Waals surface area contributed by atoms with E-state index in [1.54, 1.807) is 56.7 Å². The van der Waals surface area contributed by atoms with Crippen LogP contribution >= 0.6 is 23.2 Å². The summed E-state index contributed by atoms with van der Waals surface area (Å²) in [6, 6.07) is 18.5. The number of hydrogen-bond donors (Lipinski definition) is 2. The van der Waals surface area contributed by atoms with Gasteiger partial charge in [-0.05, 0) is 60.5 Å². The van der Waals surface area contributed by atoms with Crippen LogP contribution in [0.15, 0.2) is 77.5 Å². The van der Waals surface area contributed by atoms with E-state index in [1.807, 2.05) is 18.2 Å². The van der Waals surface area contributed by atoms with Crippen LogP contribution in [0.5, 0.6) is 11.5 Å². The van der Waals surface area contributed by atoms with Crippen molar-refractivity contribution < 1.29 is 23.9 Å². The zero-order valence-corrected chi connectivity index (χ0v) is 21.5. The Balaban J connectivity index is 1.41. The van der Waals surface area contributed by atoms with Crippen LogP contribution in [-0.4, -0.2) is 38.5 Å². The van der Waals surface area contributed by atoms with Gasteiger partial charge in [-0.1, -0.05) is 41.4 Å². The van der Waals surface area contributed by atoms with Crippen LogP contribution in [-0.2, 0) is 16.0 Å². The highest BCUT2D eigenvalue weighted by atomic mass is 35.5. The highest BCUT2D eigenvalue weighted by Gasteiger charge is 2.39. The minimum atomic E-state index is -0.666. The highest BCUT2D eigenvalue weighted by Crippen LogP contribution is 2.31. The zero-order valence-electron chi connectivity index (χ0n) is 20.0. The fourth-order valence-corrected chi connectivity index (χ4v) is 4.20. The van der Waals surface area contributed by atoms with Crippen LogP contribution in [0.1, 0.15) is 15.9 Å². The van der Waals surface area contributed by atoms with E-state index in [1.165, 1.54) is 6.07 Å². The number of rotatable bonds is 9. The summed E-state index contributed by atoms with van der Waals surface area (Å²) in [6.45, 7) is 0.393. The molecule has 0 spiro atoms. The molecule has 8 nitrogen and oxygen atoms in total. The van der Waals surface area contributed by atoms with Gasteiger partial charge in [0.25, 0.3) is 17.7 Å². The molecule has 3 amide bonds. The summed E-state index contributed by atoms with van der Waals surface area (Å²) in [5, 5.41) is 5.88. The Hall–Kier alpha value is -4.01. The smallest absolute Gasteiger partial charge is 0.283 e. The van der Waals surface area contributed by atoms with Crippen LogP contribution in [0.4, 0.5) is 11.4 Å². The van der Waals surface area contributed by atoms with E-state index < -0.39 is 11.8 Å². The Morgan fingerprint density at radius 1 is 0.892 bits per heavy atom. The summed E-state index contributed by atoms with van der Waals surface area (Å²) in [6.07, 6.45) is 0.586. The Morgan fingerprint density at radius 3 is 2.38 bits per heavy atom. The van der Waals surface area contributed by atoms with E-state index in [9.17, 15) is 14.4 Å². The molecule has 190 valence electrons. The average Bonchev–Trinajstić information content (AvgIpc) is 3.11. The van der Waals surface area contributed by atoms with Crippen molar-refractivity contribution in [1.29, 1.82) is 0 Å². The standard InChI is InChI=1S/C27H23Cl2N3O5/c1-36-21-10-9-16(13-22(21)37-2)11-12-30-25(33)17-5-3-7-19(14-17)31-24-23(29)26(34)32(27(24)35)20-8-4-6-18(28)15-20/h3-10,13-15,31H,11-12H2,1-2H3,(H,30,33). The first-order valence-corrected chi connectivity index (χ1v) is 12.0. The van der Waals surface area contributed by atoms with Gasteiger partial charge in [0.1, 0.15) is 10.7 Å². The van der Waals surface area contributed by atoms with Crippen molar-refractivity contribution in [3.05, 3.63) is 93.6 Å². The number of amides is 3. The van der Waals surface area contributed by atoms with E-state index >= 15 is 0 Å². The average molecular weight is 540 g/mol. The Bertz CT molecular complexity index is 1410. The minimum Gasteiger partial charge on any atom is -0.493 e. The van der Waals surface area contributed by atoms with Gasteiger partial charge in [0.15, 0.2) is 11.5 Å². The van der Waals surface area contributed by atoms with Gasteiger partial charge in [0, 0.05) is 22.8 Å². The summed E-state index contributed by atoms with van der Waals surface area (Å²) < 4.78 is 10.6. The highest BCUT2D eigenvalue weighted by molar-refractivity contribution is 6.53. The summed E-state index contributed by atoms with van der Waals surface area (Å²) in [5.41, 5.74) is 1.99. The second kappa shape index (κ2) is 11.4. The first-order valence-electron chi connectivity index (χ1n) is 11.2. The third-order valence-electron chi connectivity index (χ3n) is 5.63. The van der Waals surface area contributed by atoms with E-state index in [4.69, 9.17) is 32.7 Å². The number of halogens is 2. The monoisotopic (exact) mass is 539 g/mol. The summed E-state index contributed by atoms with van der Waals surface area (Å²) in [4.78, 5) is 39.3. The molecule has 1 aliphatic heterocycles. The molecular formula is C27H23Cl2N3O5. The normalized spacial score (nSPS) is 13.1. The molecule has 0 saturated heterocycles. The van der Waals surface area contributed by atoms with Crippen molar-refractivity contribution in [3.63, 3.8) is 0 Å². The Kier molecular flexibility index (Phi) is 8.01. The number of ether oxygens (including phenoxy) is 2.